The summed E-state index contributed by atoms with van der Waals surface area (Å²) < 4.78 is 41.3. The molecule has 5 nitrogen and oxygen atoms in total. The van der Waals surface area contributed by atoms with Crippen LogP contribution in [0, 0.1) is 17.5 Å². The Morgan fingerprint density at radius 2 is 1.29 bits per heavy atom. The van der Waals surface area contributed by atoms with E-state index in [4.69, 9.17) is 0 Å². The van der Waals surface area contributed by atoms with E-state index in [1.54, 1.807) is 17.5 Å². The number of para-hydroxylation sites is 2. The fourth-order valence-corrected chi connectivity index (χ4v) is 3.75. The number of nitrogens with one attached hydrogen (secondary N) is 2. The molecule has 2 N–H and O–H groups in total. The number of aromatic nitrogens is 1. The molecule has 0 unspecified atom stereocenters. The Balaban J connectivity index is 1.66. The molecule has 2 amide bonds. The van der Waals surface area contributed by atoms with Crippen LogP contribution in [0.15, 0.2) is 83.7 Å². The average molecular weight is 479 g/mol. The molecule has 4 aromatic rings. The van der Waals surface area contributed by atoms with Crippen LogP contribution in [-0.4, -0.2) is 16.8 Å². The molecule has 0 aliphatic rings. The Hall–Kier alpha value is -4.24. The number of amides is 2. The minimum Gasteiger partial charge on any atom is -0.319 e. The third kappa shape index (κ3) is 5.38. The zero-order valence-electron chi connectivity index (χ0n) is 17.4. The van der Waals surface area contributed by atoms with Gasteiger partial charge in [0.15, 0.2) is 0 Å². The molecule has 0 spiro atoms. The molecule has 0 saturated heterocycles. The largest absolute Gasteiger partial charge is 0.319 e. The van der Waals surface area contributed by atoms with Crippen LogP contribution in [0.5, 0.6) is 0 Å². The zero-order chi connectivity index (χ0) is 24.1. The second-order valence-corrected chi connectivity index (χ2v) is 7.87. The predicted octanol–water partition coefficient (Wildman–Crippen LogP) is 5.89. The van der Waals surface area contributed by atoms with Crippen LogP contribution < -0.4 is 10.6 Å². The van der Waals surface area contributed by atoms with Crippen LogP contribution in [0.25, 0.3) is 16.6 Å². The molecular formula is C25H16F3N3O2S. The maximum atomic E-state index is 14.0. The van der Waals surface area contributed by atoms with E-state index in [0.717, 1.165) is 12.1 Å². The van der Waals surface area contributed by atoms with E-state index in [1.165, 1.54) is 65.9 Å². The summed E-state index contributed by atoms with van der Waals surface area (Å²) in [6.07, 6.45) is 1.22. The van der Waals surface area contributed by atoms with Crippen molar-refractivity contribution in [3.63, 3.8) is 0 Å². The molecule has 0 aliphatic heterocycles. The average Bonchev–Trinajstić information content (AvgIpc) is 3.29. The number of halogens is 3. The maximum absolute atomic E-state index is 14.0. The standard InChI is InChI=1S/C25H16F3N3O2S/c26-16-11-9-15(10-12-16)25-29-17(14-34-25)13-18(23(32)30-21-7-3-1-5-19(21)27)24(33)31-22-8-4-2-6-20(22)28/h1-14H,(H,30,32)(H,31,33). The van der Waals surface area contributed by atoms with Crippen LogP contribution >= 0.6 is 11.3 Å². The number of anilines is 2. The van der Waals surface area contributed by atoms with E-state index in [2.05, 4.69) is 15.6 Å². The maximum Gasteiger partial charge on any atom is 0.261 e. The van der Waals surface area contributed by atoms with E-state index in [9.17, 15) is 22.8 Å². The van der Waals surface area contributed by atoms with E-state index in [1.807, 2.05) is 0 Å². The molecule has 4 rings (SSSR count). The van der Waals surface area contributed by atoms with Crippen LogP contribution in [0.1, 0.15) is 5.69 Å². The molecule has 9 heteroatoms. The fraction of sp³-hybridized carbons (Fsp3) is 0. The van der Waals surface area contributed by atoms with Crippen LogP contribution in [0.3, 0.4) is 0 Å². The van der Waals surface area contributed by atoms with Gasteiger partial charge in [-0.05, 0) is 54.6 Å². The number of hydrogen-bond acceptors (Lipinski definition) is 4. The van der Waals surface area contributed by atoms with Crippen molar-refractivity contribution in [3.05, 3.63) is 107 Å². The summed E-state index contributed by atoms with van der Waals surface area (Å²) in [6, 6.07) is 16.7. The van der Waals surface area contributed by atoms with Gasteiger partial charge in [0.1, 0.15) is 28.0 Å². The summed E-state index contributed by atoms with van der Waals surface area (Å²) in [4.78, 5) is 30.2. The van der Waals surface area contributed by atoms with Gasteiger partial charge in [0, 0.05) is 10.9 Å². The molecule has 3 aromatic carbocycles. The van der Waals surface area contributed by atoms with Gasteiger partial charge in [0.05, 0.1) is 17.1 Å². The molecule has 34 heavy (non-hydrogen) atoms. The highest BCUT2D eigenvalue weighted by atomic mass is 32.1. The van der Waals surface area contributed by atoms with Crippen LogP contribution in [-0.2, 0) is 9.59 Å². The monoisotopic (exact) mass is 479 g/mol. The molecule has 0 radical (unpaired) electrons. The lowest BCUT2D eigenvalue weighted by Crippen LogP contribution is -2.26. The highest BCUT2D eigenvalue weighted by Crippen LogP contribution is 2.25. The minimum absolute atomic E-state index is 0.123. The number of benzene rings is 3. The van der Waals surface area contributed by atoms with Crippen molar-refractivity contribution in [2.45, 2.75) is 0 Å². The molecule has 0 bridgehead atoms. The smallest absolute Gasteiger partial charge is 0.261 e. The van der Waals surface area contributed by atoms with Gasteiger partial charge in [-0.1, -0.05) is 24.3 Å². The number of hydrogen-bond donors (Lipinski definition) is 2. The zero-order valence-corrected chi connectivity index (χ0v) is 18.2. The molecule has 1 heterocycles. The Kier molecular flexibility index (Phi) is 6.84. The van der Waals surface area contributed by atoms with Crippen molar-refractivity contribution in [2.24, 2.45) is 0 Å². The normalized spacial score (nSPS) is 10.4. The number of carbonyl (C=O) groups excluding carboxylic acids is 2. The summed E-state index contributed by atoms with van der Waals surface area (Å²) >= 11 is 1.23. The Morgan fingerprint density at radius 3 is 1.82 bits per heavy atom. The van der Waals surface area contributed by atoms with Gasteiger partial charge in [-0.3, -0.25) is 9.59 Å². The third-order valence-electron chi connectivity index (χ3n) is 4.64. The second-order valence-electron chi connectivity index (χ2n) is 7.01. The van der Waals surface area contributed by atoms with Gasteiger partial charge in [0.25, 0.3) is 11.8 Å². The van der Waals surface area contributed by atoms with Gasteiger partial charge in [0.2, 0.25) is 0 Å². The highest BCUT2D eigenvalue weighted by Gasteiger charge is 2.21. The first kappa shape index (κ1) is 22.9. The van der Waals surface area contributed by atoms with Crippen molar-refractivity contribution in [3.8, 4) is 10.6 Å². The molecule has 0 atom stereocenters. The Labute approximate surface area is 196 Å². The van der Waals surface area contributed by atoms with Crippen molar-refractivity contribution < 1.29 is 22.8 Å². The van der Waals surface area contributed by atoms with E-state index >= 15 is 0 Å². The van der Waals surface area contributed by atoms with Gasteiger partial charge < -0.3 is 10.6 Å². The predicted molar refractivity (Wildman–Crippen MR) is 126 cm³/mol. The number of thiazole rings is 1. The second kappa shape index (κ2) is 10.1. The first-order valence-electron chi connectivity index (χ1n) is 9.95. The summed E-state index contributed by atoms with van der Waals surface area (Å²) in [6.45, 7) is 0. The van der Waals surface area contributed by atoms with Crippen molar-refractivity contribution in [1.82, 2.24) is 4.98 Å². The lowest BCUT2D eigenvalue weighted by Gasteiger charge is -2.11. The third-order valence-corrected chi connectivity index (χ3v) is 5.55. The van der Waals surface area contributed by atoms with Crippen LogP contribution in [0.4, 0.5) is 24.5 Å². The SMILES string of the molecule is O=C(Nc1ccccc1F)C(=Cc1csc(-c2ccc(F)cc2)n1)C(=O)Nc1ccccc1F. The molecule has 0 saturated carbocycles. The van der Waals surface area contributed by atoms with E-state index in [-0.39, 0.29) is 17.1 Å². The Bertz CT molecular complexity index is 1320. The fourth-order valence-electron chi connectivity index (χ4n) is 2.96. The highest BCUT2D eigenvalue weighted by molar-refractivity contribution is 7.13. The van der Waals surface area contributed by atoms with Gasteiger partial charge in [-0.25, -0.2) is 18.2 Å². The quantitative estimate of drug-likeness (QED) is 0.206. The van der Waals surface area contributed by atoms with Crippen molar-refractivity contribution in [2.75, 3.05) is 10.6 Å². The summed E-state index contributed by atoms with van der Waals surface area (Å²) in [7, 11) is 0. The summed E-state index contributed by atoms with van der Waals surface area (Å²) in [5, 5.41) is 6.85. The first-order valence-corrected chi connectivity index (χ1v) is 10.8. The van der Waals surface area contributed by atoms with Gasteiger partial charge in [-0.2, -0.15) is 0 Å². The summed E-state index contributed by atoms with van der Waals surface area (Å²) in [5.74, 6) is -3.57. The molecular weight excluding hydrogens is 463 g/mol. The number of rotatable bonds is 6. The van der Waals surface area contributed by atoms with Gasteiger partial charge >= 0.3 is 0 Å². The van der Waals surface area contributed by atoms with E-state index in [0.29, 0.717) is 10.6 Å². The lowest BCUT2D eigenvalue weighted by atomic mass is 10.1. The Morgan fingerprint density at radius 1 is 0.765 bits per heavy atom. The lowest BCUT2D eigenvalue weighted by molar-refractivity contribution is -0.118. The molecule has 0 aliphatic carbocycles. The van der Waals surface area contributed by atoms with Crippen LogP contribution in [0.2, 0.25) is 0 Å². The van der Waals surface area contributed by atoms with Crippen molar-refractivity contribution >= 4 is 40.6 Å². The van der Waals surface area contributed by atoms with Gasteiger partial charge in [-0.15, -0.1) is 11.3 Å². The topological polar surface area (TPSA) is 71.1 Å². The number of nitrogens with zero attached hydrogens (tertiary/aromatic N) is 1. The molecule has 0 fully saturated rings. The molecule has 170 valence electrons. The first-order chi connectivity index (χ1) is 16.4. The minimum atomic E-state index is -0.907. The molecule has 1 aromatic heterocycles. The van der Waals surface area contributed by atoms with E-state index < -0.39 is 34.8 Å². The summed E-state index contributed by atoms with van der Waals surface area (Å²) in [5.41, 5.74) is 0.262. The van der Waals surface area contributed by atoms with Crippen molar-refractivity contribution in [1.29, 1.82) is 0 Å². The number of carbonyl (C=O) groups is 2.